The summed E-state index contributed by atoms with van der Waals surface area (Å²) in [5.74, 6) is 0. The first-order valence-corrected chi connectivity index (χ1v) is 15.9. The van der Waals surface area contributed by atoms with Gasteiger partial charge in [0.25, 0.3) is 0 Å². The van der Waals surface area contributed by atoms with Crippen LogP contribution in [0, 0.1) is 0 Å². The zero-order valence-corrected chi connectivity index (χ0v) is 25.1. The molecule has 1 heteroatoms. The van der Waals surface area contributed by atoms with E-state index in [-0.39, 0.29) is 0 Å². The molecule has 1 aliphatic carbocycles. The fraction of sp³-hybridized carbons (Fsp3) is 0.0222. The Morgan fingerprint density at radius 2 is 0.978 bits per heavy atom. The van der Waals surface area contributed by atoms with Gasteiger partial charge in [0, 0.05) is 10.8 Å². The average molecular weight is 585 g/mol. The van der Waals surface area contributed by atoms with Crippen LogP contribution in [0.4, 0.5) is 0 Å². The summed E-state index contributed by atoms with van der Waals surface area (Å²) in [6.45, 7) is 0. The molecule has 1 heterocycles. The van der Waals surface area contributed by atoms with Crippen LogP contribution in [0.5, 0.6) is 0 Å². The van der Waals surface area contributed by atoms with Crippen LogP contribution < -0.4 is 0 Å². The minimum atomic E-state index is -0.424. The number of hydrogen-bond acceptors (Lipinski definition) is 1. The third-order valence-electron chi connectivity index (χ3n) is 10.1. The zero-order chi connectivity index (χ0) is 30.2. The van der Waals surface area contributed by atoms with Gasteiger partial charge in [-0.15, -0.1) is 0 Å². The van der Waals surface area contributed by atoms with E-state index in [9.17, 15) is 0 Å². The lowest BCUT2D eigenvalue weighted by atomic mass is 9.66. The van der Waals surface area contributed by atoms with Crippen LogP contribution >= 0.6 is 0 Å². The van der Waals surface area contributed by atoms with Gasteiger partial charge in [-0.1, -0.05) is 140 Å². The highest BCUT2D eigenvalue weighted by Crippen LogP contribution is 2.58. The van der Waals surface area contributed by atoms with Crippen LogP contribution in [0.3, 0.4) is 0 Å². The van der Waals surface area contributed by atoms with Gasteiger partial charge in [-0.2, -0.15) is 0 Å². The molecule has 1 aromatic heterocycles. The van der Waals surface area contributed by atoms with Crippen molar-refractivity contribution in [1.29, 1.82) is 0 Å². The van der Waals surface area contributed by atoms with Gasteiger partial charge in [0.2, 0.25) is 0 Å². The van der Waals surface area contributed by atoms with E-state index in [4.69, 9.17) is 4.42 Å². The molecule has 1 nitrogen and oxygen atoms in total. The number of fused-ring (bicyclic) bond motifs is 9. The van der Waals surface area contributed by atoms with E-state index in [1.165, 1.54) is 60.5 Å². The Kier molecular flexibility index (Phi) is 5.27. The molecule has 0 N–H and O–H groups in total. The molecule has 8 aromatic carbocycles. The molecule has 0 bridgehead atoms. The van der Waals surface area contributed by atoms with Crippen molar-refractivity contribution in [3.63, 3.8) is 0 Å². The first-order chi connectivity index (χ1) is 22.8. The van der Waals surface area contributed by atoms with Gasteiger partial charge in [-0.05, 0) is 96.4 Å². The fourth-order valence-electron chi connectivity index (χ4n) is 8.10. The molecule has 0 aliphatic heterocycles. The van der Waals surface area contributed by atoms with Crippen molar-refractivity contribution in [3.8, 4) is 22.3 Å². The predicted molar refractivity (Wildman–Crippen MR) is 191 cm³/mol. The Hall–Kier alpha value is -5.92. The summed E-state index contributed by atoms with van der Waals surface area (Å²) in [7, 11) is 0. The van der Waals surface area contributed by atoms with Crippen LogP contribution in [0.1, 0.15) is 22.3 Å². The van der Waals surface area contributed by atoms with Crippen LogP contribution in [0.2, 0.25) is 0 Å². The van der Waals surface area contributed by atoms with E-state index in [2.05, 4.69) is 170 Å². The normalized spacial score (nSPS) is 13.4. The summed E-state index contributed by atoms with van der Waals surface area (Å²) in [5.41, 5.74) is 11.6. The first kappa shape index (κ1) is 25.4. The van der Waals surface area contributed by atoms with E-state index < -0.39 is 5.41 Å². The maximum Gasteiger partial charge on any atom is 0.136 e. The molecule has 214 valence electrons. The van der Waals surface area contributed by atoms with Crippen LogP contribution in [-0.2, 0) is 5.41 Å². The lowest BCUT2D eigenvalue weighted by Gasteiger charge is -2.34. The number of rotatable bonds is 3. The van der Waals surface area contributed by atoms with Crippen molar-refractivity contribution >= 4 is 43.5 Å². The lowest BCUT2D eigenvalue weighted by Crippen LogP contribution is -2.28. The first-order valence-electron chi connectivity index (χ1n) is 15.9. The number of hydrogen-bond donors (Lipinski definition) is 0. The van der Waals surface area contributed by atoms with E-state index >= 15 is 0 Å². The van der Waals surface area contributed by atoms with Crippen molar-refractivity contribution in [3.05, 3.63) is 192 Å². The minimum absolute atomic E-state index is 0.424. The third-order valence-corrected chi connectivity index (χ3v) is 10.1. The Morgan fingerprint density at radius 1 is 0.370 bits per heavy atom. The molecule has 0 fully saturated rings. The molecular formula is C45H28O. The second-order valence-electron chi connectivity index (χ2n) is 12.5. The third kappa shape index (κ3) is 3.46. The summed E-state index contributed by atoms with van der Waals surface area (Å²) < 4.78 is 6.43. The minimum Gasteiger partial charge on any atom is -0.456 e. The van der Waals surface area contributed by atoms with Crippen LogP contribution in [0.25, 0.3) is 65.7 Å². The molecule has 0 saturated carbocycles. The fourth-order valence-corrected chi connectivity index (χ4v) is 8.10. The second-order valence-corrected chi connectivity index (χ2v) is 12.5. The molecule has 0 radical (unpaired) electrons. The Morgan fingerprint density at radius 3 is 1.74 bits per heavy atom. The van der Waals surface area contributed by atoms with Gasteiger partial charge in [-0.25, -0.2) is 0 Å². The molecule has 1 aliphatic rings. The smallest absolute Gasteiger partial charge is 0.136 e. The van der Waals surface area contributed by atoms with Crippen molar-refractivity contribution in [1.82, 2.24) is 0 Å². The topological polar surface area (TPSA) is 13.1 Å². The molecule has 0 unspecified atom stereocenters. The van der Waals surface area contributed by atoms with Crippen LogP contribution in [-0.4, -0.2) is 0 Å². The SMILES string of the molecule is c1ccc(C2(c3ccccc3)c3ccccc3-c3ccc4cc(-c5ccc6c(c5)oc5cc7ccccc7cc56)ccc4c32)cc1. The molecular weight excluding hydrogens is 556 g/mol. The maximum absolute atomic E-state index is 6.43. The van der Waals surface area contributed by atoms with Gasteiger partial charge in [0.1, 0.15) is 11.2 Å². The number of benzene rings is 8. The highest BCUT2D eigenvalue weighted by atomic mass is 16.3. The highest BCUT2D eigenvalue weighted by molar-refractivity contribution is 6.11. The summed E-state index contributed by atoms with van der Waals surface area (Å²) in [4.78, 5) is 0. The Balaban J connectivity index is 1.19. The highest BCUT2D eigenvalue weighted by Gasteiger charge is 2.46. The molecule has 0 atom stereocenters. The zero-order valence-electron chi connectivity index (χ0n) is 25.1. The monoisotopic (exact) mass is 584 g/mol. The van der Waals surface area contributed by atoms with E-state index in [1.807, 2.05) is 0 Å². The van der Waals surface area contributed by atoms with Gasteiger partial charge in [0.15, 0.2) is 0 Å². The second kappa shape index (κ2) is 9.54. The molecule has 0 spiro atoms. The maximum atomic E-state index is 6.43. The Labute approximate surface area is 267 Å². The van der Waals surface area contributed by atoms with E-state index in [1.54, 1.807) is 0 Å². The van der Waals surface area contributed by atoms with Crippen molar-refractivity contribution in [2.75, 3.05) is 0 Å². The van der Waals surface area contributed by atoms with Crippen molar-refractivity contribution < 1.29 is 4.42 Å². The van der Waals surface area contributed by atoms with Gasteiger partial charge >= 0.3 is 0 Å². The molecule has 9 aromatic rings. The van der Waals surface area contributed by atoms with Gasteiger partial charge < -0.3 is 4.42 Å². The van der Waals surface area contributed by atoms with E-state index in [0.717, 1.165) is 27.5 Å². The molecule has 0 saturated heterocycles. The lowest BCUT2D eigenvalue weighted by molar-refractivity contribution is 0.669. The Bertz CT molecular complexity index is 2590. The van der Waals surface area contributed by atoms with Gasteiger partial charge in [0.05, 0.1) is 5.41 Å². The number of furan rings is 1. The molecule has 0 amide bonds. The van der Waals surface area contributed by atoms with Crippen molar-refractivity contribution in [2.24, 2.45) is 0 Å². The van der Waals surface area contributed by atoms with E-state index in [0.29, 0.717) is 0 Å². The van der Waals surface area contributed by atoms with Crippen molar-refractivity contribution in [2.45, 2.75) is 5.41 Å². The van der Waals surface area contributed by atoms with Gasteiger partial charge in [-0.3, -0.25) is 0 Å². The van der Waals surface area contributed by atoms with Crippen LogP contribution in [0.15, 0.2) is 174 Å². The quantitative estimate of drug-likeness (QED) is 0.201. The largest absolute Gasteiger partial charge is 0.456 e. The summed E-state index contributed by atoms with van der Waals surface area (Å²) in [6.07, 6.45) is 0. The summed E-state index contributed by atoms with van der Waals surface area (Å²) in [5, 5.41) is 7.25. The summed E-state index contributed by atoms with van der Waals surface area (Å²) in [6, 6.07) is 62.1. The predicted octanol–water partition coefficient (Wildman–Crippen LogP) is 11.9. The standard InChI is InChI=1S/C45H28O/c1-3-13-34(14-4-1)45(35-15-5-2-6-16-35)41-18-10-9-17-37(41)39-24-21-33-25-31(19-22-36(33)44(39)45)32-20-23-38-40-26-29-11-7-8-12-30(29)27-43(40)46-42(38)28-32/h1-28H. The average Bonchev–Trinajstić information content (AvgIpc) is 3.64. The summed E-state index contributed by atoms with van der Waals surface area (Å²) >= 11 is 0. The molecule has 46 heavy (non-hydrogen) atoms. The molecule has 10 rings (SSSR count).